The average molecular weight is 322 g/mol. The van der Waals surface area contributed by atoms with Gasteiger partial charge in [-0.05, 0) is 38.8 Å². The number of hydrogen-bond acceptors (Lipinski definition) is 2. The van der Waals surface area contributed by atoms with Gasteiger partial charge in [-0.15, -0.1) is 0 Å². The van der Waals surface area contributed by atoms with E-state index in [1.165, 1.54) is 0 Å². The Bertz CT molecular complexity index is 355. The van der Waals surface area contributed by atoms with Crippen molar-refractivity contribution >= 4 is 31.9 Å². The van der Waals surface area contributed by atoms with Crippen molar-refractivity contribution in [1.29, 1.82) is 0 Å². The van der Waals surface area contributed by atoms with Gasteiger partial charge in [0.1, 0.15) is 9.21 Å². The molecule has 0 amide bonds. The van der Waals surface area contributed by atoms with E-state index in [9.17, 15) is 0 Å². The first-order valence-electron chi connectivity index (χ1n) is 4.03. The van der Waals surface area contributed by atoms with Gasteiger partial charge < -0.3 is 9.55 Å². The maximum Gasteiger partial charge on any atom is 0.124 e. The van der Waals surface area contributed by atoms with E-state index in [1.807, 2.05) is 10.8 Å². The number of aromatic amines is 1. The monoisotopic (exact) mass is 320 g/mol. The molecule has 76 valence electrons. The zero-order chi connectivity index (χ0) is 10.4. The predicted molar refractivity (Wildman–Crippen MR) is 61.9 cm³/mol. The summed E-state index contributed by atoms with van der Waals surface area (Å²) in [6.07, 6.45) is 7.05. The van der Waals surface area contributed by atoms with Crippen LogP contribution < -0.4 is 0 Å². The molecule has 0 aliphatic heterocycles. The first-order chi connectivity index (χ1) is 6.72. The van der Waals surface area contributed by atoms with Crippen molar-refractivity contribution in [3.8, 4) is 0 Å². The Morgan fingerprint density at radius 3 is 2.50 bits per heavy atom. The highest BCUT2D eigenvalue weighted by Crippen LogP contribution is 2.03. The molecule has 0 spiro atoms. The molecule has 2 aromatic rings. The van der Waals surface area contributed by atoms with E-state index in [-0.39, 0.29) is 0 Å². The standard InChI is InChI=1S/C5H7BrN2.C3H3BrN2/c1-2-8-3-5(6)7-4-8;4-3-1-5-2-6-3/h3-4H,2H2,1H3;1-2H,(H,5,6). The summed E-state index contributed by atoms with van der Waals surface area (Å²) in [6, 6.07) is 0. The second kappa shape index (κ2) is 5.98. The lowest BCUT2D eigenvalue weighted by Crippen LogP contribution is -1.86. The normalized spacial score (nSPS) is 9.36. The molecule has 0 saturated carbocycles. The number of hydrogen-bond donors (Lipinski definition) is 1. The molecular weight excluding hydrogens is 312 g/mol. The molecule has 4 nitrogen and oxygen atoms in total. The quantitative estimate of drug-likeness (QED) is 0.878. The maximum atomic E-state index is 3.97. The molecule has 0 unspecified atom stereocenters. The third-order valence-electron chi connectivity index (χ3n) is 1.43. The topological polar surface area (TPSA) is 46.5 Å². The number of aromatic nitrogens is 4. The first kappa shape index (κ1) is 11.5. The van der Waals surface area contributed by atoms with Gasteiger partial charge in [-0.3, -0.25) is 0 Å². The van der Waals surface area contributed by atoms with Crippen molar-refractivity contribution in [3.63, 3.8) is 0 Å². The minimum absolute atomic E-state index is 0.902. The third-order valence-corrected chi connectivity index (χ3v) is 2.27. The molecule has 2 heterocycles. The molecule has 0 bridgehead atoms. The van der Waals surface area contributed by atoms with Crippen LogP contribution in [0.1, 0.15) is 6.92 Å². The molecule has 2 aromatic heterocycles. The fourth-order valence-corrected chi connectivity index (χ4v) is 1.32. The van der Waals surface area contributed by atoms with Crippen LogP contribution in [0.4, 0.5) is 0 Å². The Labute approximate surface area is 99.0 Å². The molecule has 2 rings (SSSR count). The highest BCUT2D eigenvalue weighted by Gasteiger charge is 1.87. The Kier molecular flexibility index (Phi) is 4.89. The highest BCUT2D eigenvalue weighted by atomic mass is 79.9. The smallest absolute Gasteiger partial charge is 0.124 e. The zero-order valence-corrected chi connectivity index (χ0v) is 10.8. The fraction of sp³-hybridized carbons (Fsp3) is 0.250. The van der Waals surface area contributed by atoms with E-state index >= 15 is 0 Å². The number of imidazole rings is 2. The van der Waals surface area contributed by atoms with E-state index in [1.54, 1.807) is 18.9 Å². The first-order valence-corrected chi connectivity index (χ1v) is 5.62. The van der Waals surface area contributed by atoms with Crippen molar-refractivity contribution in [2.24, 2.45) is 0 Å². The number of nitrogens with one attached hydrogen (secondary N) is 1. The number of nitrogens with zero attached hydrogens (tertiary/aromatic N) is 3. The van der Waals surface area contributed by atoms with Crippen molar-refractivity contribution in [1.82, 2.24) is 19.5 Å². The van der Waals surface area contributed by atoms with Crippen molar-refractivity contribution in [3.05, 3.63) is 34.3 Å². The molecule has 14 heavy (non-hydrogen) atoms. The van der Waals surface area contributed by atoms with Crippen LogP contribution in [0.15, 0.2) is 34.3 Å². The van der Waals surface area contributed by atoms with Gasteiger partial charge in [-0.2, -0.15) is 0 Å². The minimum Gasteiger partial charge on any atom is -0.339 e. The maximum absolute atomic E-state index is 3.97. The van der Waals surface area contributed by atoms with E-state index in [2.05, 4.69) is 53.7 Å². The molecule has 0 saturated heterocycles. The molecule has 0 fully saturated rings. The number of rotatable bonds is 1. The summed E-state index contributed by atoms with van der Waals surface area (Å²) < 4.78 is 3.83. The van der Waals surface area contributed by atoms with Crippen LogP contribution in [0, 0.1) is 0 Å². The lowest BCUT2D eigenvalue weighted by Gasteiger charge is -1.88. The molecule has 6 heteroatoms. The highest BCUT2D eigenvalue weighted by molar-refractivity contribution is 9.10. The third kappa shape index (κ3) is 4.06. The van der Waals surface area contributed by atoms with Gasteiger partial charge >= 0.3 is 0 Å². The molecule has 0 atom stereocenters. The Hall–Kier alpha value is -0.620. The van der Waals surface area contributed by atoms with Crippen LogP contribution in [0.25, 0.3) is 0 Å². The van der Waals surface area contributed by atoms with Gasteiger partial charge in [0.15, 0.2) is 0 Å². The fourth-order valence-electron chi connectivity index (χ4n) is 0.745. The van der Waals surface area contributed by atoms with Crippen LogP contribution in [-0.2, 0) is 6.54 Å². The Morgan fingerprint density at radius 2 is 2.29 bits per heavy atom. The van der Waals surface area contributed by atoms with Gasteiger partial charge in [-0.25, -0.2) is 9.97 Å². The van der Waals surface area contributed by atoms with E-state index in [0.29, 0.717) is 0 Å². The van der Waals surface area contributed by atoms with E-state index < -0.39 is 0 Å². The molecule has 0 aliphatic rings. The van der Waals surface area contributed by atoms with Crippen LogP contribution in [-0.4, -0.2) is 19.5 Å². The summed E-state index contributed by atoms with van der Waals surface area (Å²) in [5, 5.41) is 0. The van der Waals surface area contributed by atoms with Gasteiger partial charge in [-0.1, -0.05) is 0 Å². The van der Waals surface area contributed by atoms with E-state index in [4.69, 9.17) is 0 Å². The number of aryl methyl sites for hydroxylation is 1. The van der Waals surface area contributed by atoms with Gasteiger partial charge in [0.25, 0.3) is 0 Å². The summed E-state index contributed by atoms with van der Waals surface area (Å²) in [4.78, 5) is 10.5. The van der Waals surface area contributed by atoms with Crippen LogP contribution >= 0.6 is 31.9 Å². The van der Waals surface area contributed by atoms with E-state index in [0.717, 1.165) is 15.8 Å². The summed E-state index contributed by atoms with van der Waals surface area (Å²) in [6.45, 7) is 3.06. The predicted octanol–water partition coefficient (Wildman–Crippen LogP) is 2.84. The summed E-state index contributed by atoms with van der Waals surface area (Å²) in [5.74, 6) is 0. The van der Waals surface area contributed by atoms with Crippen LogP contribution in [0.2, 0.25) is 0 Å². The van der Waals surface area contributed by atoms with Gasteiger partial charge in [0, 0.05) is 12.7 Å². The molecule has 0 aromatic carbocycles. The zero-order valence-electron chi connectivity index (χ0n) is 7.61. The summed E-state index contributed by atoms with van der Waals surface area (Å²) in [7, 11) is 0. The Balaban J connectivity index is 0.000000146. The van der Waals surface area contributed by atoms with Crippen molar-refractivity contribution in [2.45, 2.75) is 13.5 Å². The molecule has 0 aliphatic carbocycles. The average Bonchev–Trinajstić information content (AvgIpc) is 2.77. The summed E-state index contributed by atoms with van der Waals surface area (Å²) in [5.41, 5.74) is 0. The lowest BCUT2D eigenvalue weighted by atomic mass is 10.7. The Morgan fingerprint density at radius 1 is 1.50 bits per heavy atom. The van der Waals surface area contributed by atoms with Crippen LogP contribution in [0.3, 0.4) is 0 Å². The van der Waals surface area contributed by atoms with Crippen molar-refractivity contribution < 1.29 is 0 Å². The van der Waals surface area contributed by atoms with Gasteiger partial charge in [0.2, 0.25) is 0 Å². The number of halogens is 2. The summed E-state index contributed by atoms with van der Waals surface area (Å²) >= 11 is 6.40. The van der Waals surface area contributed by atoms with Gasteiger partial charge in [0.05, 0.1) is 18.9 Å². The SMILES string of the molecule is Brc1cnc[nH]1.CCn1cnc(Br)c1. The molecular formula is C8H10Br2N4. The van der Waals surface area contributed by atoms with Crippen molar-refractivity contribution in [2.75, 3.05) is 0 Å². The number of H-pyrrole nitrogens is 1. The minimum atomic E-state index is 0.902. The molecule has 0 radical (unpaired) electrons. The lowest BCUT2D eigenvalue weighted by molar-refractivity contribution is 0.761. The van der Waals surface area contributed by atoms with Crippen LogP contribution in [0.5, 0.6) is 0 Å². The molecule has 1 N–H and O–H groups in total. The second-order valence-electron chi connectivity index (χ2n) is 2.43. The second-order valence-corrected chi connectivity index (χ2v) is 4.09. The largest absolute Gasteiger partial charge is 0.339 e.